The van der Waals surface area contributed by atoms with Crippen molar-refractivity contribution in [2.75, 3.05) is 20.1 Å². The summed E-state index contributed by atoms with van der Waals surface area (Å²) in [5, 5.41) is 11.4. The van der Waals surface area contributed by atoms with Gasteiger partial charge in [0.1, 0.15) is 5.82 Å². The molecule has 0 radical (unpaired) electrons. The van der Waals surface area contributed by atoms with Crippen molar-refractivity contribution in [3.05, 3.63) is 105 Å². The molecule has 1 fully saturated rings. The number of halogens is 7. The molecule has 3 aromatic rings. The summed E-state index contributed by atoms with van der Waals surface area (Å²) in [6, 6.07) is 7.85. The monoisotopic (exact) mass is 597 g/mol. The van der Waals surface area contributed by atoms with E-state index in [9.17, 15) is 40.7 Å². The number of hydrogen-bond acceptors (Lipinski definition) is 3. The number of carbonyl (C=O) groups is 1. The average Bonchev–Trinajstić information content (AvgIpc) is 2.92. The Kier molecular flexibility index (Phi) is 8.86. The first-order valence-corrected chi connectivity index (χ1v) is 13.3. The zero-order valence-corrected chi connectivity index (χ0v) is 23.1. The number of aryl methyl sites for hydroxylation is 1. The van der Waals surface area contributed by atoms with E-state index in [1.54, 1.807) is 25.1 Å². The highest BCUT2D eigenvalue weighted by Gasteiger charge is 2.40. The quantitative estimate of drug-likeness (QED) is 0.182. The van der Waals surface area contributed by atoms with Crippen LogP contribution in [0.25, 0.3) is 0 Å². The van der Waals surface area contributed by atoms with E-state index in [1.165, 1.54) is 43.4 Å². The van der Waals surface area contributed by atoms with Gasteiger partial charge in [0, 0.05) is 44.1 Å². The number of amides is 1. The number of benzene rings is 2. The SMILES string of the molecule is Cc1cc(F)ccc1[C@H]1CN(Cc2cc[n+]([O-])cc2)CC[C@@H]1C(=O)N(C)[C@@H](C)c1cc(C(F)(F)F)cc(C(F)(F)F)c1. The Labute approximate surface area is 238 Å². The van der Waals surface area contributed by atoms with Crippen LogP contribution in [0.5, 0.6) is 0 Å². The van der Waals surface area contributed by atoms with Crippen LogP contribution in [0.3, 0.4) is 0 Å². The standard InChI is InChI=1S/C30H30F7N3O2/c1-18-12-24(31)4-5-25(18)27-17-39(16-20-6-10-40(42)11-7-20)9-8-26(27)28(41)38(3)19(2)21-13-22(29(32,33)34)15-23(14-21)30(35,36)37/h4-7,10-15,19,26-27H,8-9,16-17H2,1-3H3/t19-,26-,27+/m0/s1. The summed E-state index contributed by atoms with van der Waals surface area (Å²) in [6.07, 6.45) is -6.92. The predicted octanol–water partition coefficient (Wildman–Crippen LogP) is 6.63. The Morgan fingerprint density at radius 2 is 1.62 bits per heavy atom. The van der Waals surface area contributed by atoms with E-state index in [2.05, 4.69) is 4.90 Å². The van der Waals surface area contributed by atoms with Crippen LogP contribution in [0, 0.1) is 23.9 Å². The van der Waals surface area contributed by atoms with Crippen LogP contribution in [0.2, 0.25) is 0 Å². The Morgan fingerprint density at radius 1 is 1.02 bits per heavy atom. The zero-order valence-electron chi connectivity index (χ0n) is 23.1. The fourth-order valence-corrected chi connectivity index (χ4v) is 5.53. The molecule has 1 aromatic heterocycles. The number of nitrogens with zero attached hydrogens (tertiary/aromatic N) is 3. The second kappa shape index (κ2) is 11.9. The summed E-state index contributed by atoms with van der Waals surface area (Å²) in [5.41, 5.74) is -0.968. The normalized spacial score (nSPS) is 19.0. The molecule has 0 aliphatic carbocycles. The van der Waals surface area contributed by atoms with E-state index >= 15 is 0 Å². The number of likely N-dealkylation sites (tertiary alicyclic amines) is 1. The van der Waals surface area contributed by atoms with E-state index in [0.29, 0.717) is 48.5 Å². The Bertz CT molecular complexity index is 1390. The summed E-state index contributed by atoms with van der Waals surface area (Å²) in [6.45, 7) is 4.45. The first kappa shape index (κ1) is 31.3. The second-order valence-electron chi connectivity index (χ2n) is 10.8. The van der Waals surface area contributed by atoms with Gasteiger partial charge in [-0.3, -0.25) is 9.69 Å². The minimum atomic E-state index is -5.01. The summed E-state index contributed by atoms with van der Waals surface area (Å²) < 4.78 is 95.4. The molecule has 1 aliphatic rings. The number of piperidine rings is 1. The lowest BCUT2D eigenvalue weighted by Gasteiger charge is -2.41. The molecule has 5 nitrogen and oxygen atoms in total. The first-order valence-electron chi connectivity index (χ1n) is 13.3. The van der Waals surface area contributed by atoms with Crippen LogP contribution in [-0.2, 0) is 23.7 Å². The van der Waals surface area contributed by atoms with Crippen molar-refractivity contribution >= 4 is 5.91 Å². The largest absolute Gasteiger partial charge is 0.619 e. The highest BCUT2D eigenvalue weighted by Crippen LogP contribution is 2.40. The molecule has 0 bridgehead atoms. The van der Waals surface area contributed by atoms with Crippen molar-refractivity contribution in [3.63, 3.8) is 0 Å². The number of rotatable bonds is 6. The number of hydrogen-bond donors (Lipinski definition) is 0. The fraction of sp³-hybridized carbons (Fsp3) is 0.400. The average molecular weight is 598 g/mol. The van der Waals surface area contributed by atoms with E-state index in [0.717, 1.165) is 11.1 Å². The lowest BCUT2D eigenvalue weighted by Crippen LogP contribution is -2.46. The molecule has 2 heterocycles. The Hall–Kier alpha value is -3.67. The van der Waals surface area contributed by atoms with Gasteiger partial charge in [-0.25, -0.2) is 4.39 Å². The molecule has 12 heteroatoms. The van der Waals surface area contributed by atoms with Gasteiger partial charge in [-0.2, -0.15) is 31.1 Å². The summed E-state index contributed by atoms with van der Waals surface area (Å²) >= 11 is 0. The van der Waals surface area contributed by atoms with E-state index < -0.39 is 53.1 Å². The van der Waals surface area contributed by atoms with Gasteiger partial charge in [0.2, 0.25) is 5.91 Å². The molecule has 4 rings (SSSR count). The van der Waals surface area contributed by atoms with Crippen molar-refractivity contribution in [3.8, 4) is 0 Å². The number of aromatic nitrogens is 1. The van der Waals surface area contributed by atoms with E-state index in [-0.39, 0.29) is 11.6 Å². The maximum atomic E-state index is 13.9. The maximum absolute atomic E-state index is 13.9. The molecule has 0 N–H and O–H groups in total. The molecular weight excluding hydrogens is 567 g/mol. The summed E-state index contributed by atoms with van der Waals surface area (Å²) in [5.74, 6) is -1.97. The molecule has 2 aromatic carbocycles. The third-order valence-electron chi connectivity index (χ3n) is 7.94. The maximum Gasteiger partial charge on any atom is 0.416 e. The number of alkyl halides is 6. The lowest BCUT2D eigenvalue weighted by molar-refractivity contribution is -0.605. The molecule has 0 saturated carbocycles. The summed E-state index contributed by atoms with van der Waals surface area (Å²) in [4.78, 5) is 17.2. The van der Waals surface area contributed by atoms with Crippen LogP contribution >= 0.6 is 0 Å². The molecule has 3 atom stereocenters. The van der Waals surface area contributed by atoms with Crippen molar-refractivity contribution < 1.29 is 40.3 Å². The molecule has 1 amide bonds. The molecular formula is C30H30F7N3O2. The third-order valence-corrected chi connectivity index (χ3v) is 7.94. The van der Waals surface area contributed by atoms with Gasteiger partial charge in [-0.15, -0.1) is 0 Å². The van der Waals surface area contributed by atoms with E-state index in [4.69, 9.17) is 0 Å². The van der Waals surface area contributed by atoms with Gasteiger partial charge in [0.15, 0.2) is 12.4 Å². The van der Waals surface area contributed by atoms with Crippen molar-refractivity contribution in [2.45, 2.75) is 51.1 Å². The Balaban J connectivity index is 1.64. The third kappa shape index (κ3) is 7.03. The summed E-state index contributed by atoms with van der Waals surface area (Å²) in [7, 11) is 1.36. The van der Waals surface area contributed by atoms with Crippen molar-refractivity contribution in [2.24, 2.45) is 5.92 Å². The number of carbonyl (C=O) groups excluding carboxylic acids is 1. The van der Waals surface area contributed by atoms with Crippen LogP contribution < -0.4 is 4.73 Å². The van der Waals surface area contributed by atoms with E-state index in [1.807, 2.05) is 0 Å². The lowest BCUT2D eigenvalue weighted by atomic mass is 9.78. The zero-order chi connectivity index (χ0) is 31.0. The predicted molar refractivity (Wildman–Crippen MR) is 140 cm³/mol. The molecule has 0 spiro atoms. The van der Waals surface area contributed by atoms with Gasteiger partial charge in [-0.1, -0.05) is 6.07 Å². The molecule has 42 heavy (non-hydrogen) atoms. The van der Waals surface area contributed by atoms with Crippen molar-refractivity contribution in [1.82, 2.24) is 9.80 Å². The number of pyridine rings is 1. The first-order chi connectivity index (χ1) is 19.5. The Morgan fingerprint density at radius 3 is 2.17 bits per heavy atom. The second-order valence-corrected chi connectivity index (χ2v) is 10.8. The molecule has 1 aliphatic heterocycles. The van der Waals surface area contributed by atoms with Gasteiger partial charge in [-0.05, 0) is 79.4 Å². The smallest absolute Gasteiger partial charge is 0.416 e. The van der Waals surface area contributed by atoms with Gasteiger partial charge >= 0.3 is 12.4 Å². The van der Waals surface area contributed by atoms with Gasteiger partial charge in [0.05, 0.1) is 17.2 Å². The molecule has 1 saturated heterocycles. The van der Waals surface area contributed by atoms with Crippen LogP contribution in [0.15, 0.2) is 60.9 Å². The minimum absolute atomic E-state index is 0.0599. The van der Waals surface area contributed by atoms with Gasteiger partial charge < -0.3 is 10.1 Å². The molecule has 0 unspecified atom stereocenters. The highest BCUT2D eigenvalue weighted by molar-refractivity contribution is 5.80. The van der Waals surface area contributed by atoms with Crippen molar-refractivity contribution in [1.29, 1.82) is 0 Å². The van der Waals surface area contributed by atoms with Crippen LogP contribution in [0.4, 0.5) is 30.7 Å². The van der Waals surface area contributed by atoms with Crippen LogP contribution in [0.1, 0.15) is 58.7 Å². The highest BCUT2D eigenvalue weighted by atomic mass is 19.4. The molecule has 226 valence electrons. The topological polar surface area (TPSA) is 50.5 Å². The minimum Gasteiger partial charge on any atom is -0.619 e. The van der Waals surface area contributed by atoms with Crippen LogP contribution in [-0.4, -0.2) is 35.8 Å². The van der Waals surface area contributed by atoms with Gasteiger partial charge in [0.25, 0.3) is 0 Å². The fourth-order valence-electron chi connectivity index (χ4n) is 5.53.